The highest BCUT2D eigenvalue weighted by molar-refractivity contribution is 9.10. The van der Waals surface area contributed by atoms with E-state index >= 15 is 0 Å². The molecule has 0 radical (unpaired) electrons. The van der Waals surface area contributed by atoms with E-state index in [-0.39, 0.29) is 11.5 Å². The molecule has 1 rings (SSSR count). The van der Waals surface area contributed by atoms with Crippen molar-refractivity contribution in [2.75, 3.05) is 12.9 Å². The van der Waals surface area contributed by atoms with Gasteiger partial charge in [-0.25, -0.2) is 0 Å². The molecule has 0 unspecified atom stereocenters. The number of thioether (sulfide) groups is 1. The van der Waals surface area contributed by atoms with Crippen molar-refractivity contribution in [1.29, 1.82) is 0 Å². The van der Waals surface area contributed by atoms with Crippen LogP contribution < -0.4 is 5.32 Å². The second kappa shape index (κ2) is 8.05. The van der Waals surface area contributed by atoms with Crippen LogP contribution in [-0.4, -0.2) is 24.4 Å². The number of nitrogens with one attached hydrogen (secondary N) is 1. The minimum absolute atomic E-state index is 0.112. The van der Waals surface area contributed by atoms with Gasteiger partial charge in [0.05, 0.1) is 13.5 Å². The zero-order chi connectivity index (χ0) is 15.2. The summed E-state index contributed by atoms with van der Waals surface area (Å²) < 4.78 is 5.70. The maximum absolute atomic E-state index is 11.1. The van der Waals surface area contributed by atoms with E-state index in [2.05, 4.69) is 65.0 Å². The Balaban J connectivity index is 2.53. The fraction of sp³-hybridized carbons (Fsp3) is 0.533. The lowest BCUT2D eigenvalue weighted by Gasteiger charge is -2.20. The lowest BCUT2D eigenvalue weighted by Crippen LogP contribution is -2.35. The van der Waals surface area contributed by atoms with Gasteiger partial charge in [-0.2, -0.15) is 0 Å². The Morgan fingerprint density at radius 2 is 2.10 bits per heavy atom. The maximum Gasteiger partial charge on any atom is 0.306 e. The molecule has 0 saturated heterocycles. The zero-order valence-corrected chi connectivity index (χ0v) is 14.9. The van der Waals surface area contributed by atoms with Crippen LogP contribution in [0.4, 0.5) is 0 Å². The molecule has 0 aliphatic rings. The molecule has 0 saturated carbocycles. The largest absolute Gasteiger partial charge is 0.469 e. The van der Waals surface area contributed by atoms with Crippen molar-refractivity contribution in [2.45, 2.75) is 44.2 Å². The molecule has 0 atom stereocenters. The van der Waals surface area contributed by atoms with Crippen molar-refractivity contribution in [3.05, 3.63) is 28.2 Å². The first-order valence-electron chi connectivity index (χ1n) is 6.55. The summed E-state index contributed by atoms with van der Waals surface area (Å²) >= 11 is 5.24. The van der Waals surface area contributed by atoms with Crippen molar-refractivity contribution in [2.24, 2.45) is 0 Å². The molecule has 0 aliphatic heterocycles. The van der Waals surface area contributed by atoms with Gasteiger partial charge in [0.15, 0.2) is 0 Å². The van der Waals surface area contributed by atoms with Gasteiger partial charge in [0.2, 0.25) is 0 Å². The molecule has 20 heavy (non-hydrogen) atoms. The Bertz CT molecular complexity index is 458. The molecule has 0 aliphatic carbocycles. The second-order valence-corrected chi connectivity index (χ2v) is 7.53. The van der Waals surface area contributed by atoms with E-state index in [1.807, 2.05) is 0 Å². The van der Waals surface area contributed by atoms with E-state index in [4.69, 9.17) is 0 Å². The normalized spacial score (nSPS) is 11.4. The minimum Gasteiger partial charge on any atom is -0.469 e. The molecular weight excluding hydrogens is 338 g/mol. The minimum atomic E-state index is -0.167. The van der Waals surface area contributed by atoms with Gasteiger partial charge in [0.1, 0.15) is 0 Å². The van der Waals surface area contributed by atoms with Crippen LogP contribution in [-0.2, 0) is 16.1 Å². The Kier molecular flexibility index (Phi) is 7.06. The molecule has 1 aromatic rings. The van der Waals surface area contributed by atoms with E-state index in [1.54, 1.807) is 11.8 Å². The number of esters is 1. The number of hydrogen-bond acceptors (Lipinski definition) is 4. The quantitative estimate of drug-likeness (QED) is 0.615. The van der Waals surface area contributed by atoms with Crippen LogP contribution in [0.5, 0.6) is 0 Å². The van der Waals surface area contributed by atoms with Gasteiger partial charge in [-0.3, -0.25) is 4.79 Å². The Hall–Kier alpha value is -0.520. The van der Waals surface area contributed by atoms with Gasteiger partial charge in [-0.05, 0) is 54.4 Å². The molecule has 1 aromatic carbocycles. The van der Waals surface area contributed by atoms with E-state index in [0.717, 1.165) is 21.7 Å². The van der Waals surface area contributed by atoms with Gasteiger partial charge in [-0.15, -0.1) is 11.8 Å². The number of methoxy groups -OCH3 is 1. The Morgan fingerprint density at radius 1 is 1.40 bits per heavy atom. The highest BCUT2D eigenvalue weighted by Crippen LogP contribution is 2.29. The van der Waals surface area contributed by atoms with Gasteiger partial charge in [0, 0.05) is 27.2 Å². The van der Waals surface area contributed by atoms with Crippen molar-refractivity contribution in [3.63, 3.8) is 0 Å². The molecule has 1 N–H and O–H groups in total. The highest BCUT2D eigenvalue weighted by Gasteiger charge is 2.09. The smallest absolute Gasteiger partial charge is 0.306 e. The summed E-state index contributed by atoms with van der Waals surface area (Å²) in [7, 11) is 1.42. The summed E-state index contributed by atoms with van der Waals surface area (Å²) in [6.07, 6.45) is 0.431. The molecule has 0 aromatic heterocycles. The van der Waals surface area contributed by atoms with Crippen molar-refractivity contribution in [3.8, 4) is 0 Å². The van der Waals surface area contributed by atoms with Gasteiger partial charge in [-0.1, -0.05) is 6.07 Å². The molecule has 0 spiro atoms. The number of halogens is 1. The van der Waals surface area contributed by atoms with Crippen molar-refractivity contribution >= 4 is 33.7 Å². The van der Waals surface area contributed by atoms with Crippen LogP contribution in [0.3, 0.4) is 0 Å². The Labute approximate surface area is 134 Å². The van der Waals surface area contributed by atoms with Crippen molar-refractivity contribution < 1.29 is 9.53 Å². The third kappa shape index (κ3) is 6.77. The molecular formula is C15H22BrNO2S. The van der Waals surface area contributed by atoms with Gasteiger partial charge in [0.25, 0.3) is 0 Å². The first kappa shape index (κ1) is 17.5. The fourth-order valence-corrected chi connectivity index (χ4v) is 3.10. The average Bonchev–Trinajstić information content (AvgIpc) is 2.37. The number of carbonyl (C=O) groups is 1. The van der Waals surface area contributed by atoms with Crippen LogP contribution >= 0.6 is 27.7 Å². The molecule has 0 fully saturated rings. The van der Waals surface area contributed by atoms with E-state index in [9.17, 15) is 4.79 Å². The molecule has 5 heteroatoms. The molecule has 0 heterocycles. The monoisotopic (exact) mass is 359 g/mol. The summed E-state index contributed by atoms with van der Waals surface area (Å²) in [6, 6.07) is 6.33. The summed E-state index contributed by atoms with van der Waals surface area (Å²) in [5.74, 6) is 0.560. The molecule has 112 valence electrons. The van der Waals surface area contributed by atoms with Crippen LogP contribution in [0, 0.1) is 0 Å². The molecule has 0 amide bonds. The zero-order valence-electron chi connectivity index (χ0n) is 12.5. The van der Waals surface area contributed by atoms with Crippen LogP contribution in [0.1, 0.15) is 32.8 Å². The fourth-order valence-electron chi connectivity index (χ4n) is 1.48. The Morgan fingerprint density at radius 3 is 2.65 bits per heavy atom. The number of carbonyl (C=O) groups excluding carboxylic acids is 1. The number of benzene rings is 1. The van der Waals surface area contributed by atoms with Crippen LogP contribution in [0.2, 0.25) is 0 Å². The first-order chi connectivity index (χ1) is 9.31. The average molecular weight is 360 g/mol. The molecule has 3 nitrogen and oxygen atoms in total. The van der Waals surface area contributed by atoms with E-state index in [1.165, 1.54) is 12.7 Å². The lowest BCUT2D eigenvalue weighted by atomic mass is 10.1. The third-order valence-corrected chi connectivity index (χ3v) is 4.60. The third-order valence-electron chi connectivity index (χ3n) is 2.61. The highest BCUT2D eigenvalue weighted by atomic mass is 79.9. The maximum atomic E-state index is 11.1. The topological polar surface area (TPSA) is 38.3 Å². The SMILES string of the molecule is COC(=O)CCSc1ccc(CNC(C)(C)C)cc1Br. The number of hydrogen-bond donors (Lipinski definition) is 1. The van der Waals surface area contributed by atoms with Gasteiger partial charge >= 0.3 is 5.97 Å². The summed E-state index contributed by atoms with van der Waals surface area (Å²) in [6.45, 7) is 7.30. The summed E-state index contributed by atoms with van der Waals surface area (Å²) in [5.41, 5.74) is 1.35. The van der Waals surface area contributed by atoms with Crippen molar-refractivity contribution in [1.82, 2.24) is 5.32 Å². The van der Waals surface area contributed by atoms with E-state index in [0.29, 0.717) is 6.42 Å². The second-order valence-electron chi connectivity index (χ2n) is 5.54. The molecule has 0 bridgehead atoms. The standard InChI is InChI=1S/C15H22BrNO2S/c1-15(2,3)17-10-11-5-6-13(12(16)9-11)20-8-7-14(18)19-4/h5-6,9,17H,7-8,10H2,1-4H3. The lowest BCUT2D eigenvalue weighted by molar-refractivity contribution is -0.140. The van der Waals surface area contributed by atoms with Gasteiger partial charge < -0.3 is 10.1 Å². The van der Waals surface area contributed by atoms with E-state index < -0.39 is 0 Å². The predicted molar refractivity (Wildman–Crippen MR) is 88.1 cm³/mol. The summed E-state index contributed by atoms with van der Waals surface area (Å²) in [5, 5.41) is 3.46. The predicted octanol–water partition coefficient (Wildman–Crippen LogP) is 3.99. The van der Waals surface area contributed by atoms with Crippen LogP contribution in [0.25, 0.3) is 0 Å². The van der Waals surface area contributed by atoms with Crippen LogP contribution in [0.15, 0.2) is 27.6 Å². The first-order valence-corrected chi connectivity index (χ1v) is 8.33. The summed E-state index contributed by atoms with van der Waals surface area (Å²) in [4.78, 5) is 12.2. The number of ether oxygens (including phenoxy) is 1. The number of rotatable bonds is 6.